The van der Waals surface area contributed by atoms with Crippen LogP contribution in [0, 0.1) is 34.9 Å². The minimum Gasteiger partial charge on any atom is -0.321 e. The number of hydrogen-bond acceptors (Lipinski definition) is 4. The number of para-hydroxylation sites is 2. The molecule has 0 bridgehead atoms. The van der Waals surface area contributed by atoms with Gasteiger partial charge >= 0.3 is 11.6 Å². The highest BCUT2D eigenvalue weighted by atomic mass is 35.5. The number of carbonyl (C=O) groups excluding carboxylic acids is 2. The lowest BCUT2D eigenvalue weighted by Gasteiger charge is -2.12. The molecule has 4 aromatic carbocycles. The molecule has 0 radical (unpaired) electrons. The highest BCUT2D eigenvalue weighted by Crippen LogP contribution is 2.36. The second kappa shape index (κ2) is 15.9. The third-order valence-electron chi connectivity index (χ3n) is 7.62. The summed E-state index contributed by atoms with van der Waals surface area (Å²) in [6.45, 7) is 0. The molecule has 0 unspecified atom stereocenters. The van der Waals surface area contributed by atoms with E-state index in [1.165, 1.54) is 62.6 Å². The number of rotatable bonds is 7. The summed E-state index contributed by atoms with van der Waals surface area (Å²) in [7, 11) is 2.56. The molecule has 2 heterocycles. The summed E-state index contributed by atoms with van der Waals surface area (Å²) >= 11 is 4.99. The fraction of sp³-hybridized carbons (Fsp3) is 0.111. The molecular weight excluding hydrogens is 793 g/mol. The minimum absolute atomic E-state index is 0.0186. The van der Waals surface area contributed by atoms with Crippen LogP contribution in [0.3, 0.4) is 0 Å². The van der Waals surface area contributed by atoms with Gasteiger partial charge in [-0.3, -0.25) is 19.0 Å². The Kier molecular flexibility index (Phi) is 11.6. The Morgan fingerprint density at radius 1 is 0.589 bits per heavy atom. The van der Waals surface area contributed by atoms with Crippen LogP contribution >= 0.6 is 11.6 Å². The van der Waals surface area contributed by atoms with E-state index < -0.39 is 80.8 Å². The third-order valence-corrected chi connectivity index (χ3v) is 7.80. The van der Waals surface area contributed by atoms with Crippen molar-refractivity contribution in [2.45, 2.75) is 11.6 Å². The quantitative estimate of drug-likeness (QED) is 0.0954. The molecule has 0 saturated heterocycles. The Hall–Kier alpha value is -6.24. The monoisotopic (exact) mass is 814 g/mol. The summed E-state index contributed by atoms with van der Waals surface area (Å²) < 4.78 is 149. The topological polar surface area (TPSA) is 93.8 Å². The van der Waals surface area contributed by atoms with E-state index in [-0.39, 0.29) is 33.6 Å². The zero-order valence-electron chi connectivity index (χ0n) is 28.2. The SMILES string of the molecule is Cn1cc(C(=O)Nc2ccccc2-c2cc(F)c(F)c(F)c2)c(C(F)(F)Cl)n1.Cn1cc(C(=O)Nc2ccccc2-c2cc(F)c(F)c(F)c2)c(C(F)(F)F)n1. The van der Waals surface area contributed by atoms with Gasteiger partial charge in [0.2, 0.25) is 0 Å². The highest BCUT2D eigenvalue weighted by Gasteiger charge is 2.39. The van der Waals surface area contributed by atoms with Gasteiger partial charge in [0.15, 0.2) is 46.3 Å². The zero-order valence-corrected chi connectivity index (χ0v) is 29.0. The van der Waals surface area contributed by atoms with Crippen molar-refractivity contribution in [3.05, 3.63) is 143 Å². The molecule has 56 heavy (non-hydrogen) atoms. The second-order valence-corrected chi connectivity index (χ2v) is 12.1. The van der Waals surface area contributed by atoms with Gasteiger partial charge < -0.3 is 10.6 Å². The molecule has 2 N–H and O–H groups in total. The molecular formula is C36H22ClF11N6O2. The van der Waals surface area contributed by atoms with E-state index in [1.807, 2.05) is 0 Å². The number of anilines is 2. The molecule has 0 fully saturated rings. The van der Waals surface area contributed by atoms with Gasteiger partial charge in [-0.2, -0.15) is 32.1 Å². The number of nitrogens with zero attached hydrogens (tertiary/aromatic N) is 4. The van der Waals surface area contributed by atoms with E-state index in [0.717, 1.165) is 33.9 Å². The number of aromatic nitrogens is 4. The van der Waals surface area contributed by atoms with E-state index in [4.69, 9.17) is 11.6 Å². The standard InChI is InChI=1S/C18H11ClF5N3O.C18H11F6N3O/c1-27-8-11(16(26-27)18(19,23)24)17(28)25-14-5-3-2-4-10(14)9-6-12(20)15(22)13(21)7-9;1-27-8-11(16(26-27)18(22,23)24)17(28)25-14-5-3-2-4-10(14)9-6-12(19)15(21)13(20)7-9/h2*2-8H,1H3,(H,25,28). The first kappa shape index (κ1) is 40.9. The van der Waals surface area contributed by atoms with Crippen LogP contribution < -0.4 is 10.6 Å². The molecule has 292 valence electrons. The molecule has 2 aromatic heterocycles. The summed E-state index contributed by atoms with van der Waals surface area (Å²) in [5, 5.41) is 7.52. The predicted octanol–water partition coefficient (Wildman–Crippen LogP) is 9.82. The van der Waals surface area contributed by atoms with Crippen LogP contribution in [0.2, 0.25) is 0 Å². The zero-order chi connectivity index (χ0) is 41.3. The highest BCUT2D eigenvalue weighted by molar-refractivity contribution is 6.22. The van der Waals surface area contributed by atoms with Gasteiger partial charge in [-0.25, -0.2) is 26.3 Å². The van der Waals surface area contributed by atoms with Crippen molar-refractivity contribution < 1.29 is 57.9 Å². The van der Waals surface area contributed by atoms with Crippen LogP contribution in [0.1, 0.15) is 32.1 Å². The van der Waals surface area contributed by atoms with E-state index in [9.17, 15) is 57.9 Å². The molecule has 2 amide bonds. The number of hydrogen-bond donors (Lipinski definition) is 2. The number of aryl methyl sites for hydroxylation is 2. The Morgan fingerprint density at radius 3 is 1.29 bits per heavy atom. The smallest absolute Gasteiger partial charge is 0.321 e. The number of alkyl halides is 6. The first-order chi connectivity index (χ1) is 26.1. The fourth-order valence-electron chi connectivity index (χ4n) is 5.22. The van der Waals surface area contributed by atoms with Crippen molar-refractivity contribution in [2.75, 3.05) is 10.6 Å². The van der Waals surface area contributed by atoms with Gasteiger partial charge in [0, 0.05) is 49.0 Å². The summed E-state index contributed by atoms with van der Waals surface area (Å²) in [5.74, 6) is -11.1. The van der Waals surface area contributed by atoms with Gasteiger partial charge in [-0.1, -0.05) is 36.4 Å². The van der Waals surface area contributed by atoms with E-state index in [2.05, 4.69) is 20.8 Å². The number of nitrogens with one attached hydrogen (secondary N) is 2. The summed E-state index contributed by atoms with van der Waals surface area (Å²) in [6, 6.07) is 14.4. The Morgan fingerprint density at radius 2 is 0.929 bits per heavy atom. The number of carbonyl (C=O) groups is 2. The maximum Gasteiger partial charge on any atom is 0.435 e. The molecule has 20 heteroatoms. The number of amides is 2. The largest absolute Gasteiger partial charge is 0.435 e. The second-order valence-electron chi connectivity index (χ2n) is 11.6. The Labute approximate surface area is 313 Å². The van der Waals surface area contributed by atoms with Crippen LogP contribution in [-0.2, 0) is 25.7 Å². The number of benzene rings is 4. The van der Waals surface area contributed by atoms with Gasteiger partial charge in [-0.15, -0.1) is 0 Å². The van der Waals surface area contributed by atoms with Crippen molar-refractivity contribution in [3.8, 4) is 22.3 Å². The molecule has 0 saturated carbocycles. The lowest BCUT2D eigenvalue weighted by Crippen LogP contribution is -2.18. The van der Waals surface area contributed by atoms with Crippen molar-refractivity contribution in [2.24, 2.45) is 14.1 Å². The van der Waals surface area contributed by atoms with Crippen LogP contribution in [-0.4, -0.2) is 31.4 Å². The number of halogens is 12. The van der Waals surface area contributed by atoms with Crippen molar-refractivity contribution in [3.63, 3.8) is 0 Å². The van der Waals surface area contributed by atoms with Crippen LogP contribution in [0.25, 0.3) is 22.3 Å². The van der Waals surface area contributed by atoms with Crippen molar-refractivity contribution >= 4 is 34.8 Å². The summed E-state index contributed by atoms with van der Waals surface area (Å²) in [4.78, 5) is 24.9. The van der Waals surface area contributed by atoms with Crippen LogP contribution in [0.5, 0.6) is 0 Å². The van der Waals surface area contributed by atoms with E-state index in [0.29, 0.717) is 12.1 Å². The van der Waals surface area contributed by atoms with Crippen LogP contribution in [0.15, 0.2) is 85.2 Å². The molecule has 8 nitrogen and oxygen atoms in total. The lowest BCUT2D eigenvalue weighted by molar-refractivity contribution is -0.141. The average molecular weight is 815 g/mol. The van der Waals surface area contributed by atoms with Gasteiger partial charge in [0.25, 0.3) is 11.8 Å². The van der Waals surface area contributed by atoms with Gasteiger partial charge in [-0.05, 0) is 59.1 Å². The maximum absolute atomic E-state index is 13.6. The molecule has 6 rings (SSSR count). The Balaban J connectivity index is 0.000000214. The third kappa shape index (κ3) is 8.99. The molecule has 0 atom stereocenters. The summed E-state index contributed by atoms with van der Waals surface area (Å²) in [5.41, 5.74) is -3.39. The van der Waals surface area contributed by atoms with Crippen LogP contribution in [0.4, 0.5) is 59.7 Å². The molecule has 6 aromatic rings. The molecule has 0 aliphatic rings. The van der Waals surface area contributed by atoms with E-state index in [1.54, 1.807) is 0 Å². The minimum atomic E-state index is -4.85. The summed E-state index contributed by atoms with van der Waals surface area (Å²) in [6.07, 6.45) is -2.89. The normalized spacial score (nSPS) is 11.5. The van der Waals surface area contributed by atoms with Crippen molar-refractivity contribution in [1.82, 2.24) is 19.6 Å². The van der Waals surface area contributed by atoms with Gasteiger partial charge in [0.05, 0.1) is 11.1 Å². The predicted molar refractivity (Wildman–Crippen MR) is 181 cm³/mol. The molecule has 0 aliphatic carbocycles. The average Bonchev–Trinajstić information content (AvgIpc) is 3.73. The maximum atomic E-state index is 13.6. The molecule has 0 spiro atoms. The first-order valence-corrected chi connectivity index (χ1v) is 15.9. The van der Waals surface area contributed by atoms with E-state index >= 15 is 0 Å². The molecule has 0 aliphatic heterocycles. The first-order valence-electron chi connectivity index (χ1n) is 15.5. The van der Waals surface area contributed by atoms with Gasteiger partial charge in [0.1, 0.15) is 0 Å². The Bertz CT molecular complexity index is 2240. The fourth-order valence-corrected chi connectivity index (χ4v) is 5.36. The lowest BCUT2D eigenvalue weighted by atomic mass is 10.0. The van der Waals surface area contributed by atoms with Crippen molar-refractivity contribution in [1.29, 1.82) is 0 Å².